The van der Waals surface area contributed by atoms with E-state index in [1.165, 1.54) is 32.1 Å². The van der Waals surface area contributed by atoms with Crippen LogP contribution in [0.25, 0.3) is 0 Å². The number of unbranched alkanes of at least 4 members (excludes halogenated alkanes) is 1. The molecule has 3 heteroatoms. The number of nitrogens with one attached hydrogen (secondary N) is 1. The molecule has 0 saturated heterocycles. The molecule has 2 N–H and O–H groups in total. The van der Waals surface area contributed by atoms with E-state index in [-0.39, 0.29) is 6.10 Å². The molecule has 1 saturated carbocycles. The summed E-state index contributed by atoms with van der Waals surface area (Å²) in [6.07, 6.45) is 7.43. The molecule has 3 nitrogen and oxygen atoms in total. The Hall–Kier alpha value is -0.120. The zero-order chi connectivity index (χ0) is 12.5. The van der Waals surface area contributed by atoms with Crippen LogP contribution in [0.15, 0.2) is 0 Å². The van der Waals surface area contributed by atoms with Crippen LogP contribution in [-0.4, -0.2) is 37.0 Å². The summed E-state index contributed by atoms with van der Waals surface area (Å²) in [5.41, 5.74) is 0. The highest BCUT2D eigenvalue weighted by molar-refractivity contribution is 4.73. The normalized spacial score (nSPS) is 27.0. The maximum absolute atomic E-state index is 9.78. The Balaban J connectivity index is 2.03. The van der Waals surface area contributed by atoms with Gasteiger partial charge in [-0.25, -0.2) is 0 Å². The first-order valence-electron chi connectivity index (χ1n) is 7.24. The predicted molar refractivity (Wildman–Crippen MR) is 71.2 cm³/mol. The predicted octanol–water partition coefficient (Wildman–Crippen LogP) is 2.33. The van der Waals surface area contributed by atoms with E-state index in [9.17, 15) is 5.11 Å². The Morgan fingerprint density at radius 3 is 2.82 bits per heavy atom. The van der Waals surface area contributed by atoms with E-state index < -0.39 is 0 Å². The lowest BCUT2D eigenvalue weighted by atomic mass is 9.88. The van der Waals surface area contributed by atoms with Gasteiger partial charge in [0.05, 0.1) is 18.8 Å². The smallest absolute Gasteiger partial charge is 0.0897 e. The van der Waals surface area contributed by atoms with Gasteiger partial charge in [0.2, 0.25) is 0 Å². The van der Waals surface area contributed by atoms with E-state index in [4.69, 9.17) is 4.74 Å². The van der Waals surface area contributed by atoms with E-state index in [1.54, 1.807) is 0 Å². The van der Waals surface area contributed by atoms with E-state index in [2.05, 4.69) is 19.2 Å². The van der Waals surface area contributed by atoms with Crippen LogP contribution in [-0.2, 0) is 4.74 Å². The summed E-state index contributed by atoms with van der Waals surface area (Å²) in [7, 11) is 0. The highest BCUT2D eigenvalue weighted by Crippen LogP contribution is 2.26. The first-order chi connectivity index (χ1) is 8.24. The van der Waals surface area contributed by atoms with Crippen molar-refractivity contribution in [3.05, 3.63) is 0 Å². The van der Waals surface area contributed by atoms with Gasteiger partial charge in [-0.15, -0.1) is 0 Å². The summed E-state index contributed by atoms with van der Waals surface area (Å²) in [5.74, 6) is 0.656. The second-order valence-corrected chi connectivity index (χ2v) is 5.35. The monoisotopic (exact) mass is 243 g/mol. The quantitative estimate of drug-likeness (QED) is 0.643. The molecule has 0 heterocycles. The summed E-state index contributed by atoms with van der Waals surface area (Å²) in [6, 6.07) is 0. The molecule has 0 spiro atoms. The summed E-state index contributed by atoms with van der Waals surface area (Å²) in [4.78, 5) is 0. The lowest BCUT2D eigenvalue weighted by Gasteiger charge is -2.29. The Morgan fingerprint density at radius 2 is 2.12 bits per heavy atom. The largest absolute Gasteiger partial charge is 0.389 e. The van der Waals surface area contributed by atoms with Crippen LogP contribution in [0.5, 0.6) is 0 Å². The van der Waals surface area contributed by atoms with Crippen molar-refractivity contribution in [1.82, 2.24) is 5.32 Å². The minimum absolute atomic E-state index is 0.360. The van der Waals surface area contributed by atoms with Crippen LogP contribution in [0.4, 0.5) is 0 Å². The molecular weight excluding hydrogens is 214 g/mol. The van der Waals surface area contributed by atoms with Crippen molar-refractivity contribution in [2.45, 2.75) is 64.6 Å². The fourth-order valence-electron chi connectivity index (χ4n) is 2.39. The van der Waals surface area contributed by atoms with Crippen molar-refractivity contribution in [2.24, 2.45) is 5.92 Å². The number of ether oxygens (including phenoxy) is 1. The van der Waals surface area contributed by atoms with Crippen LogP contribution in [0.3, 0.4) is 0 Å². The Kier molecular flexibility index (Phi) is 7.82. The lowest BCUT2D eigenvalue weighted by molar-refractivity contribution is -0.0451. The van der Waals surface area contributed by atoms with E-state index >= 15 is 0 Å². The van der Waals surface area contributed by atoms with E-state index in [0.717, 1.165) is 13.0 Å². The second-order valence-electron chi connectivity index (χ2n) is 5.35. The summed E-state index contributed by atoms with van der Waals surface area (Å²) in [6.45, 7) is 6.56. The van der Waals surface area contributed by atoms with Crippen LogP contribution >= 0.6 is 0 Å². The van der Waals surface area contributed by atoms with Crippen LogP contribution in [0.1, 0.15) is 52.4 Å². The summed E-state index contributed by atoms with van der Waals surface area (Å²) in [5, 5.41) is 13.0. The molecule has 0 bridgehead atoms. The number of aliphatic hydroxyl groups excluding tert-OH is 1. The fraction of sp³-hybridized carbons (Fsp3) is 1.00. The first-order valence-corrected chi connectivity index (χ1v) is 7.24. The molecule has 0 aliphatic heterocycles. The molecule has 0 aromatic heterocycles. The van der Waals surface area contributed by atoms with Crippen molar-refractivity contribution in [3.63, 3.8) is 0 Å². The maximum Gasteiger partial charge on any atom is 0.0897 e. The molecule has 0 radical (unpaired) electrons. The van der Waals surface area contributed by atoms with Crippen LogP contribution in [0, 0.1) is 5.92 Å². The van der Waals surface area contributed by atoms with Gasteiger partial charge < -0.3 is 15.2 Å². The number of hydrogen-bond donors (Lipinski definition) is 2. The first kappa shape index (κ1) is 14.9. The average molecular weight is 243 g/mol. The number of aliphatic hydroxyl groups is 1. The molecule has 17 heavy (non-hydrogen) atoms. The second kappa shape index (κ2) is 8.90. The summed E-state index contributed by atoms with van der Waals surface area (Å²) >= 11 is 0. The number of rotatable bonds is 8. The highest BCUT2D eigenvalue weighted by Gasteiger charge is 2.22. The number of hydrogen-bond acceptors (Lipinski definition) is 3. The van der Waals surface area contributed by atoms with Gasteiger partial charge in [-0.1, -0.05) is 33.1 Å². The maximum atomic E-state index is 9.78. The van der Waals surface area contributed by atoms with Gasteiger partial charge in [-0.05, 0) is 31.7 Å². The van der Waals surface area contributed by atoms with Gasteiger partial charge >= 0.3 is 0 Å². The van der Waals surface area contributed by atoms with Gasteiger partial charge in [-0.3, -0.25) is 0 Å². The Morgan fingerprint density at radius 1 is 1.35 bits per heavy atom. The minimum atomic E-state index is -0.360. The van der Waals surface area contributed by atoms with Gasteiger partial charge in [0, 0.05) is 6.54 Å². The van der Waals surface area contributed by atoms with E-state index in [0.29, 0.717) is 25.2 Å². The fourth-order valence-corrected chi connectivity index (χ4v) is 2.39. The molecule has 1 aliphatic carbocycles. The van der Waals surface area contributed by atoms with Crippen molar-refractivity contribution in [2.75, 3.05) is 19.7 Å². The third-order valence-electron chi connectivity index (χ3n) is 3.62. The molecule has 3 unspecified atom stereocenters. The zero-order valence-electron chi connectivity index (χ0n) is 11.5. The molecule has 3 atom stereocenters. The van der Waals surface area contributed by atoms with Crippen molar-refractivity contribution in [1.29, 1.82) is 0 Å². The molecule has 102 valence electrons. The van der Waals surface area contributed by atoms with Crippen LogP contribution < -0.4 is 5.32 Å². The molecule has 1 rings (SSSR count). The highest BCUT2D eigenvalue weighted by atomic mass is 16.5. The molecule has 0 aromatic rings. The van der Waals surface area contributed by atoms with Gasteiger partial charge in [0.25, 0.3) is 0 Å². The SMILES string of the molecule is CCCCNCC(O)COC1CCCCC1C. The third kappa shape index (κ3) is 6.39. The third-order valence-corrected chi connectivity index (χ3v) is 3.62. The minimum Gasteiger partial charge on any atom is -0.389 e. The molecule has 0 aromatic carbocycles. The van der Waals surface area contributed by atoms with Crippen LogP contribution in [0.2, 0.25) is 0 Å². The average Bonchev–Trinajstić information content (AvgIpc) is 2.34. The Bertz CT molecular complexity index is 187. The molecule has 1 fully saturated rings. The zero-order valence-corrected chi connectivity index (χ0v) is 11.5. The molecular formula is C14H29NO2. The summed E-state index contributed by atoms with van der Waals surface area (Å²) < 4.78 is 5.82. The lowest BCUT2D eigenvalue weighted by Crippen LogP contribution is -2.34. The molecule has 0 amide bonds. The van der Waals surface area contributed by atoms with Crippen molar-refractivity contribution < 1.29 is 9.84 Å². The van der Waals surface area contributed by atoms with E-state index in [1.807, 2.05) is 0 Å². The van der Waals surface area contributed by atoms with Crippen molar-refractivity contribution in [3.8, 4) is 0 Å². The Labute approximate surface area is 106 Å². The van der Waals surface area contributed by atoms with Crippen molar-refractivity contribution >= 4 is 0 Å². The van der Waals surface area contributed by atoms with Gasteiger partial charge in [0.1, 0.15) is 0 Å². The van der Waals surface area contributed by atoms with Gasteiger partial charge in [-0.2, -0.15) is 0 Å². The van der Waals surface area contributed by atoms with Gasteiger partial charge in [0.15, 0.2) is 0 Å². The molecule has 1 aliphatic rings. The standard InChI is InChI=1S/C14H29NO2/c1-3-4-9-15-10-13(16)11-17-14-8-6-5-7-12(14)2/h12-16H,3-11H2,1-2H3. The topological polar surface area (TPSA) is 41.5 Å².